The number of amides is 1. The summed E-state index contributed by atoms with van der Waals surface area (Å²) in [6, 6.07) is 8.06. The number of aromatic nitrogens is 3. The van der Waals surface area contributed by atoms with E-state index in [2.05, 4.69) is 15.5 Å². The number of hydrogen-bond acceptors (Lipinski definition) is 6. The van der Waals surface area contributed by atoms with Crippen LogP contribution in [0.25, 0.3) is 0 Å². The van der Waals surface area contributed by atoms with E-state index in [0.717, 1.165) is 11.4 Å². The molecule has 0 aliphatic carbocycles. The van der Waals surface area contributed by atoms with Gasteiger partial charge in [-0.05, 0) is 31.7 Å². The highest BCUT2D eigenvalue weighted by molar-refractivity contribution is 8.00. The predicted octanol–water partition coefficient (Wildman–Crippen LogP) is 1.90. The van der Waals surface area contributed by atoms with Gasteiger partial charge in [-0.25, -0.2) is 8.42 Å². The van der Waals surface area contributed by atoms with Gasteiger partial charge in [-0.3, -0.25) is 4.79 Å². The minimum atomic E-state index is -2.90. The molecule has 0 saturated carbocycles. The van der Waals surface area contributed by atoms with Crippen LogP contribution in [-0.2, 0) is 34.6 Å². The van der Waals surface area contributed by atoms with Crippen LogP contribution in [0.1, 0.15) is 30.3 Å². The van der Waals surface area contributed by atoms with Gasteiger partial charge in [-0.15, -0.1) is 10.2 Å². The normalized spacial score (nSPS) is 19.5. The molecule has 3 rings (SSSR count). The minimum Gasteiger partial charge on any atom is -0.351 e. The SMILES string of the molecule is Cc1ccc(CNC(=O)[C@H](C)Sc2nnc(C[C@@H]3CCS(=O)(=O)C3)n2C)cc1. The van der Waals surface area contributed by atoms with E-state index in [1.807, 2.05) is 49.7 Å². The topological polar surface area (TPSA) is 94.0 Å². The molecule has 1 N–H and O–H groups in total. The fourth-order valence-corrected chi connectivity index (χ4v) is 5.89. The molecule has 2 heterocycles. The third-order valence-electron chi connectivity index (χ3n) is 4.96. The smallest absolute Gasteiger partial charge is 0.233 e. The van der Waals surface area contributed by atoms with Gasteiger partial charge >= 0.3 is 0 Å². The third kappa shape index (κ3) is 5.35. The van der Waals surface area contributed by atoms with Crippen LogP contribution in [0.4, 0.5) is 0 Å². The van der Waals surface area contributed by atoms with Crippen LogP contribution in [-0.4, -0.2) is 45.8 Å². The first-order valence-electron chi connectivity index (χ1n) is 9.32. The van der Waals surface area contributed by atoms with Crippen molar-refractivity contribution in [3.8, 4) is 0 Å². The van der Waals surface area contributed by atoms with E-state index in [0.29, 0.717) is 24.5 Å². The fraction of sp³-hybridized carbons (Fsp3) is 0.526. The van der Waals surface area contributed by atoms with Crippen molar-refractivity contribution < 1.29 is 13.2 Å². The van der Waals surface area contributed by atoms with Gasteiger partial charge in [-0.2, -0.15) is 0 Å². The van der Waals surface area contributed by atoms with Gasteiger partial charge in [0.2, 0.25) is 5.91 Å². The Labute approximate surface area is 170 Å². The Morgan fingerprint density at radius 1 is 1.32 bits per heavy atom. The van der Waals surface area contributed by atoms with Crippen molar-refractivity contribution in [1.29, 1.82) is 0 Å². The van der Waals surface area contributed by atoms with E-state index >= 15 is 0 Å². The zero-order valence-corrected chi connectivity index (χ0v) is 18.0. The van der Waals surface area contributed by atoms with Crippen LogP contribution in [0.5, 0.6) is 0 Å². The van der Waals surface area contributed by atoms with Gasteiger partial charge in [0, 0.05) is 20.0 Å². The lowest BCUT2D eigenvalue weighted by atomic mass is 10.1. The van der Waals surface area contributed by atoms with Crippen molar-refractivity contribution in [1.82, 2.24) is 20.1 Å². The molecule has 1 amide bonds. The summed E-state index contributed by atoms with van der Waals surface area (Å²) in [7, 11) is -1.04. The molecule has 9 heteroatoms. The van der Waals surface area contributed by atoms with Gasteiger partial charge in [0.15, 0.2) is 15.0 Å². The van der Waals surface area contributed by atoms with Crippen LogP contribution in [0.15, 0.2) is 29.4 Å². The number of nitrogens with zero attached hydrogens (tertiary/aromatic N) is 3. The van der Waals surface area contributed by atoms with Crippen LogP contribution in [0.2, 0.25) is 0 Å². The number of sulfone groups is 1. The molecule has 0 radical (unpaired) electrons. The Morgan fingerprint density at radius 2 is 2.04 bits per heavy atom. The molecule has 1 saturated heterocycles. The van der Waals surface area contributed by atoms with E-state index in [-0.39, 0.29) is 28.6 Å². The second-order valence-corrected chi connectivity index (χ2v) is 10.9. The second-order valence-electron chi connectivity index (χ2n) is 7.39. The highest BCUT2D eigenvalue weighted by Gasteiger charge is 2.29. The number of carbonyl (C=O) groups is 1. The first kappa shape index (κ1) is 20.9. The highest BCUT2D eigenvalue weighted by atomic mass is 32.2. The van der Waals surface area contributed by atoms with E-state index in [4.69, 9.17) is 0 Å². The van der Waals surface area contributed by atoms with Crippen molar-refractivity contribution in [2.75, 3.05) is 11.5 Å². The molecule has 1 aliphatic heterocycles. The van der Waals surface area contributed by atoms with Gasteiger partial charge < -0.3 is 9.88 Å². The maximum atomic E-state index is 12.4. The summed E-state index contributed by atoms with van der Waals surface area (Å²) in [6.07, 6.45) is 1.27. The lowest BCUT2D eigenvalue weighted by molar-refractivity contribution is -0.120. The number of benzene rings is 1. The predicted molar refractivity (Wildman–Crippen MR) is 110 cm³/mol. The molecule has 2 atom stereocenters. The lowest BCUT2D eigenvalue weighted by Crippen LogP contribution is -2.30. The Morgan fingerprint density at radius 3 is 2.68 bits per heavy atom. The summed E-state index contributed by atoms with van der Waals surface area (Å²) in [4.78, 5) is 12.4. The highest BCUT2D eigenvalue weighted by Crippen LogP contribution is 2.25. The Balaban J connectivity index is 1.53. The number of rotatable bonds is 7. The molecule has 0 unspecified atom stereocenters. The zero-order valence-electron chi connectivity index (χ0n) is 16.4. The van der Waals surface area contributed by atoms with Crippen LogP contribution in [0.3, 0.4) is 0 Å². The molecule has 1 aromatic carbocycles. The third-order valence-corrected chi connectivity index (χ3v) is 7.93. The van der Waals surface area contributed by atoms with Crippen molar-refractivity contribution in [3.05, 3.63) is 41.2 Å². The number of aryl methyl sites for hydroxylation is 1. The summed E-state index contributed by atoms with van der Waals surface area (Å²) in [5.74, 6) is 1.28. The van der Waals surface area contributed by atoms with Crippen molar-refractivity contribution >= 4 is 27.5 Å². The molecule has 1 aromatic heterocycles. The molecule has 2 aromatic rings. The minimum absolute atomic E-state index is 0.0583. The average molecular weight is 423 g/mol. The summed E-state index contributed by atoms with van der Waals surface area (Å²) in [6.45, 7) is 4.36. The summed E-state index contributed by atoms with van der Waals surface area (Å²) in [5, 5.41) is 11.7. The molecule has 0 spiro atoms. The molecule has 152 valence electrons. The van der Waals surface area contributed by atoms with Gasteiger partial charge in [0.25, 0.3) is 0 Å². The summed E-state index contributed by atoms with van der Waals surface area (Å²) in [5.41, 5.74) is 2.25. The Kier molecular flexibility index (Phi) is 6.44. The molecule has 0 bridgehead atoms. The molecule has 28 heavy (non-hydrogen) atoms. The van der Waals surface area contributed by atoms with Crippen LogP contribution >= 0.6 is 11.8 Å². The first-order valence-corrected chi connectivity index (χ1v) is 12.0. The maximum absolute atomic E-state index is 12.4. The summed E-state index contributed by atoms with van der Waals surface area (Å²) < 4.78 is 25.1. The largest absolute Gasteiger partial charge is 0.351 e. The quantitative estimate of drug-likeness (QED) is 0.685. The Bertz CT molecular complexity index is 939. The number of thioether (sulfide) groups is 1. The first-order chi connectivity index (χ1) is 13.2. The Hall–Kier alpha value is -1.87. The maximum Gasteiger partial charge on any atom is 0.233 e. The van der Waals surface area contributed by atoms with E-state index in [9.17, 15) is 13.2 Å². The fourth-order valence-electron chi connectivity index (χ4n) is 3.17. The van der Waals surface area contributed by atoms with Crippen molar-refractivity contribution in [2.24, 2.45) is 13.0 Å². The van der Waals surface area contributed by atoms with Gasteiger partial charge in [-0.1, -0.05) is 41.6 Å². The van der Waals surface area contributed by atoms with Gasteiger partial charge in [0.1, 0.15) is 5.82 Å². The molecule has 7 nitrogen and oxygen atoms in total. The van der Waals surface area contributed by atoms with Crippen LogP contribution in [0, 0.1) is 12.8 Å². The average Bonchev–Trinajstić information content (AvgIpc) is 3.17. The second kappa shape index (κ2) is 8.65. The van der Waals surface area contributed by atoms with Gasteiger partial charge in [0.05, 0.1) is 16.8 Å². The molecule has 1 fully saturated rings. The number of hydrogen-bond donors (Lipinski definition) is 1. The number of nitrogens with one attached hydrogen (secondary N) is 1. The zero-order chi connectivity index (χ0) is 20.3. The molecule has 1 aliphatic rings. The monoisotopic (exact) mass is 422 g/mol. The number of carbonyl (C=O) groups excluding carboxylic acids is 1. The van der Waals surface area contributed by atoms with E-state index in [1.165, 1.54) is 17.3 Å². The summed E-state index contributed by atoms with van der Waals surface area (Å²) >= 11 is 1.35. The molecular weight excluding hydrogens is 396 g/mol. The van der Waals surface area contributed by atoms with E-state index in [1.54, 1.807) is 0 Å². The van der Waals surface area contributed by atoms with Crippen molar-refractivity contribution in [3.63, 3.8) is 0 Å². The van der Waals surface area contributed by atoms with E-state index < -0.39 is 9.84 Å². The van der Waals surface area contributed by atoms with Crippen LogP contribution < -0.4 is 5.32 Å². The standard InChI is InChI=1S/C19H26N4O3S2/c1-13-4-6-15(7-5-13)11-20-18(24)14(2)27-19-22-21-17(23(19)3)10-16-8-9-28(25,26)12-16/h4-7,14,16H,8-12H2,1-3H3,(H,20,24)/t14-,16-/m0/s1. The lowest BCUT2D eigenvalue weighted by Gasteiger charge is -2.12. The van der Waals surface area contributed by atoms with Crippen molar-refractivity contribution in [2.45, 2.75) is 43.6 Å². The molecular formula is C19H26N4O3S2.